The van der Waals surface area contributed by atoms with Gasteiger partial charge in [-0.05, 0) is 59.6 Å². The van der Waals surface area contributed by atoms with Crippen LogP contribution in [0.4, 0.5) is 10.5 Å². The van der Waals surface area contributed by atoms with Crippen molar-refractivity contribution in [1.29, 1.82) is 0 Å². The van der Waals surface area contributed by atoms with Crippen LogP contribution in [-0.2, 0) is 9.59 Å². The fourth-order valence-corrected chi connectivity index (χ4v) is 4.27. The minimum Gasteiger partial charge on any atom is -0.478 e. The molecule has 2 N–H and O–H groups in total. The van der Waals surface area contributed by atoms with Gasteiger partial charge in [0.1, 0.15) is 18.1 Å². The number of imide groups is 1. The number of carbonyl (C=O) groups is 4. The van der Waals surface area contributed by atoms with E-state index in [1.165, 1.54) is 18.2 Å². The van der Waals surface area contributed by atoms with Crippen molar-refractivity contribution in [1.82, 2.24) is 4.90 Å². The number of nitrogens with one attached hydrogen (secondary N) is 1. The average molecular weight is 491 g/mol. The van der Waals surface area contributed by atoms with Gasteiger partial charge in [0.2, 0.25) is 5.91 Å². The van der Waals surface area contributed by atoms with Crippen molar-refractivity contribution in [2.24, 2.45) is 0 Å². The number of aromatic carboxylic acids is 1. The van der Waals surface area contributed by atoms with Crippen LogP contribution < -0.4 is 5.32 Å². The van der Waals surface area contributed by atoms with Gasteiger partial charge in [0, 0.05) is 17.3 Å². The zero-order valence-corrected chi connectivity index (χ0v) is 19.8. The van der Waals surface area contributed by atoms with E-state index in [1.54, 1.807) is 36.4 Å². The highest BCUT2D eigenvalue weighted by Gasteiger charge is 2.36. The Kier molecular flexibility index (Phi) is 6.88. The SMILES string of the molecule is CC(C)c1ccc(NC(=O)CN2C(=O)S/C(=C/c3ccc(-c4cccc(C(=O)O)c4)o3)C2=O)cc1. The summed E-state index contributed by atoms with van der Waals surface area (Å²) in [6.45, 7) is 3.74. The quantitative estimate of drug-likeness (QED) is 0.423. The molecule has 1 aliphatic heterocycles. The first-order chi connectivity index (χ1) is 16.7. The van der Waals surface area contributed by atoms with Crippen molar-refractivity contribution in [2.45, 2.75) is 19.8 Å². The molecule has 3 aromatic rings. The number of benzene rings is 2. The first kappa shape index (κ1) is 24.0. The lowest BCUT2D eigenvalue weighted by Gasteiger charge is -2.13. The molecule has 0 atom stereocenters. The van der Waals surface area contributed by atoms with Gasteiger partial charge in [-0.3, -0.25) is 19.3 Å². The van der Waals surface area contributed by atoms with Gasteiger partial charge in [-0.25, -0.2) is 4.79 Å². The van der Waals surface area contributed by atoms with Crippen LogP contribution in [0, 0.1) is 0 Å². The summed E-state index contributed by atoms with van der Waals surface area (Å²) in [5.74, 6) is -1.02. The number of amides is 3. The van der Waals surface area contributed by atoms with Crippen molar-refractivity contribution < 1.29 is 28.7 Å². The summed E-state index contributed by atoms with van der Waals surface area (Å²) < 4.78 is 5.73. The normalized spacial score (nSPS) is 14.7. The van der Waals surface area contributed by atoms with E-state index in [4.69, 9.17) is 9.52 Å². The van der Waals surface area contributed by atoms with Crippen molar-refractivity contribution in [2.75, 3.05) is 11.9 Å². The van der Waals surface area contributed by atoms with Gasteiger partial charge in [-0.15, -0.1) is 0 Å². The van der Waals surface area contributed by atoms with Gasteiger partial charge in [0.15, 0.2) is 0 Å². The molecule has 0 aliphatic carbocycles. The molecule has 178 valence electrons. The van der Waals surface area contributed by atoms with Gasteiger partial charge in [-0.1, -0.05) is 38.1 Å². The molecular weight excluding hydrogens is 468 g/mol. The minimum atomic E-state index is -1.05. The molecule has 1 fully saturated rings. The molecule has 0 saturated carbocycles. The van der Waals surface area contributed by atoms with Crippen molar-refractivity contribution in [3.05, 3.63) is 82.5 Å². The molecule has 1 saturated heterocycles. The number of anilines is 1. The zero-order valence-electron chi connectivity index (χ0n) is 19.0. The monoisotopic (exact) mass is 490 g/mol. The lowest BCUT2D eigenvalue weighted by molar-refractivity contribution is -0.127. The third-order valence-corrected chi connectivity index (χ3v) is 6.24. The maximum atomic E-state index is 12.8. The Morgan fingerprint density at radius 3 is 2.51 bits per heavy atom. The van der Waals surface area contributed by atoms with Crippen LogP contribution in [0.1, 0.15) is 41.4 Å². The number of carboxylic acids is 1. The summed E-state index contributed by atoms with van der Waals surface area (Å²) in [6, 6.07) is 16.9. The van der Waals surface area contributed by atoms with Crippen LogP contribution in [0.2, 0.25) is 0 Å². The first-order valence-electron chi connectivity index (χ1n) is 10.8. The first-order valence-corrected chi connectivity index (χ1v) is 11.6. The van der Waals surface area contributed by atoms with E-state index in [-0.39, 0.29) is 10.5 Å². The van der Waals surface area contributed by atoms with E-state index in [0.29, 0.717) is 28.7 Å². The van der Waals surface area contributed by atoms with Gasteiger partial charge in [0.25, 0.3) is 11.1 Å². The van der Waals surface area contributed by atoms with Crippen LogP contribution in [0.3, 0.4) is 0 Å². The average Bonchev–Trinajstić information content (AvgIpc) is 3.40. The molecule has 2 aromatic carbocycles. The van der Waals surface area contributed by atoms with Crippen LogP contribution in [0.25, 0.3) is 17.4 Å². The summed E-state index contributed by atoms with van der Waals surface area (Å²) in [5.41, 5.74) is 2.40. The van der Waals surface area contributed by atoms with E-state index in [1.807, 2.05) is 12.1 Å². The Morgan fingerprint density at radius 2 is 1.83 bits per heavy atom. The number of carbonyl (C=O) groups excluding carboxylic acids is 3. The molecule has 35 heavy (non-hydrogen) atoms. The largest absolute Gasteiger partial charge is 0.478 e. The highest BCUT2D eigenvalue weighted by Crippen LogP contribution is 2.33. The fourth-order valence-electron chi connectivity index (χ4n) is 3.45. The molecule has 0 unspecified atom stereocenters. The second kappa shape index (κ2) is 10.0. The number of hydrogen-bond donors (Lipinski definition) is 2. The highest BCUT2D eigenvalue weighted by molar-refractivity contribution is 8.18. The van der Waals surface area contributed by atoms with E-state index >= 15 is 0 Å². The molecule has 1 aliphatic rings. The molecule has 4 rings (SSSR count). The van der Waals surface area contributed by atoms with Crippen molar-refractivity contribution in [3.8, 4) is 11.3 Å². The molecule has 9 heteroatoms. The number of rotatable bonds is 7. The number of nitrogens with zero attached hydrogens (tertiary/aromatic N) is 1. The highest BCUT2D eigenvalue weighted by atomic mass is 32.2. The summed E-state index contributed by atoms with van der Waals surface area (Å²) >= 11 is 0.722. The molecule has 2 heterocycles. The number of hydrogen-bond acceptors (Lipinski definition) is 6. The maximum absolute atomic E-state index is 12.8. The molecule has 8 nitrogen and oxygen atoms in total. The Morgan fingerprint density at radius 1 is 1.09 bits per heavy atom. The van der Waals surface area contributed by atoms with Gasteiger partial charge in [0.05, 0.1) is 10.5 Å². The summed E-state index contributed by atoms with van der Waals surface area (Å²) in [6.07, 6.45) is 1.43. The van der Waals surface area contributed by atoms with Gasteiger partial charge in [-0.2, -0.15) is 0 Å². The summed E-state index contributed by atoms with van der Waals surface area (Å²) in [4.78, 5) is 49.8. The predicted molar refractivity (Wildman–Crippen MR) is 133 cm³/mol. The molecular formula is C26H22N2O6S. The van der Waals surface area contributed by atoms with Gasteiger partial charge >= 0.3 is 5.97 Å². The van der Waals surface area contributed by atoms with Crippen LogP contribution in [0.15, 0.2) is 70.0 Å². The number of thioether (sulfide) groups is 1. The number of carboxylic acid groups (broad SMARTS) is 1. The second-order valence-electron chi connectivity index (χ2n) is 8.18. The summed E-state index contributed by atoms with van der Waals surface area (Å²) in [5, 5.41) is 11.3. The van der Waals surface area contributed by atoms with Crippen LogP contribution in [-0.4, -0.2) is 39.6 Å². The van der Waals surface area contributed by atoms with E-state index < -0.39 is 29.6 Å². The smallest absolute Gasteiger partial charge is 0.335 e. The zero-order chi connectivity index (χ0) is 25.1. The van der Waals surface area contributed by atoms with Crippen molar-refractivity contribution in [3.63, 3.8) is 0 Å². The third kappa shape index (κ3) is 5.52. The van der Waals surface area contributed by atoms with Crippen molar-refractivity contribution >= 4 is 46.5 Å². The predicted octanol–water partition coefficient (Wildman–Crippen LogP) is 5.44. The van der Waals surface area contributed by atoms with E-state index in [2.05, 4.69) is 19.2 Å². The van der Waals surface area contributed by atoms with Crippen LogP contribution in [0.5, 0.6) is 0 Å². The lowest BCUT2D eigenvalue weighted by Crippen LogP contribution is -2.36. The second-order valence-corrected chi connectivity index (χ2v) is 9.17. The van der Waals surface area contributed by atoms with E-state index in [9.17, 15) is 19.2 Å². The Labute approximate surface area is 205 Å². The van der Waals surface area contributed by atoms with Crippen LogP contribution >= 0.6 is 11.8 Å². The minimum absolute atomic E-state index is 0.121. The Balaban J connectivity index is 1.43. The molecule has 0 radical (unpaired) electrons. The molecule has 0 spiro atoms. The molecule has 3 amide bonds. The summed E-state index contributed by atoms with van der Waals surface area (Å²) in [7, 11) is 0. The third-order valence-electron chi connectivity index (χ3n) is 5.33. The fraction of sp³-hybridized carbons (Fsp3) is 0.154. The lowest BCUT2D eigenvalue weighted by atomic mass is 10.0. The Hall–Kier alpha value is -4.11. The molecule has 1 aromatic heterocycles. The Bertz CT molecular complexity index is 1340. The molecule has 0 bridgehead atoms. The standard InChI is InChI=1S/C26H22N2O6S/c1-15(2)16-6-8-19(9-7-16)27-23(29)14-28-24(30)22(35-26(28)33)13-20-10-11-21(34-20)17-4-3-5-18(12-17)25(31)32/h3-13,15H,14H2,1-2H3,(H,27,29)(H,31,32)/b22-13+. The van der Waals surface area contributed by atoms with E-state index in [0.717, 1.165) is 22.2 Å². The topological polar surface area (TPSA) is 117 Å². The number of furan rings is 1. The van der Waals surface area contributed by atoms with Gasteiger partial charge < -0.3 is 14.8 Å². The maximum Gasteiger partial charge on any atom is 0.335 e.